The highest BCUT2D eigenvalue weighted by Crippen LogP contribution is 2.24. The predicted molar refractivity (Wildman–Crippen MR) is 62.8 cm³/mol. The van der Waals surface area contributed by atoms with Gasteiger partial charge < -0.3 is 9.53 Å². The number of carbonyl (C=O) groups excluding carboxylic acids is 4. The van der Waals surface area contributed by atoms with Crippen LogP contribution in [-0.2, 0) is 23.9 Å². The van der Waals surface area contributed by atoms with Crippen molar-refractivity contribution in [3.8, 4) is 0 Å². The number of carbonyl (C=O) groups is 4. The average molecular weight is 254 g/mol. The molecule has 0 bridgehead atoms. The van der Waals surface area contributed by atoms with E-state index < -0.39 is 29.6 Å². The Balaban J connectivity index is 2.66. The van der Waals surface area contributed by atoms with Crippen molar-refractivity contribution in [1.29, 1.82) is 0 Å². The first-order valence-corrected chi connectivity index (χ1v) is 6.09. The summed E-state index contributed by atoms with van der Waals surface area (Å²) in [6, 6.07) is 0. The molecule has 2 atom stereocenters. The third-order valence-corrected chi connectivity index (χ3v) is 2.83. The molecular weight excluding hydrogens is 236 g/mol. The highest BCUT2D eigenvalue weighted by Gasteiger charge is 2.47. The molecule has 0 amide bonds. The van der Waals surface area contributed by atoms with Gasteiger partial charge in [0.1, 0.15) is 5.78 Å². The molecule has 5 heteroatoms. The van der Waals surface area contributed by atoms with E-state index in [9.17, 15) is 19.2 Å². The van der Waals surface area contributed by atoms with Gasteiger partial charge in [-0.05, 0) is 19.3 Å². The van der Waals surface area contributed by atoms with Crippen LogP contribution in [0.4, 0.5) is 0 Å². The maximum atomic E-state index is 11.9. The number of Topliss-reactive ketones (excluding diaryl/α,β-unsaturated/α-hetero) is 3. The van der Waals surface area contributed by atoms with Crippen LogP contribution >= 0.6 is 0 Å². The van der Waals surface area contributed by atoms with E-state index in [0.717, 1.165) is 0 Å². The lowest BCUT2D eigenvalue weighted by atomic mass is 9.92. The number of rotatable bonds is 6. The molecule has 1 aliphatic heterocycles. The summed E-state index contributed by atoms with van der Waals surface area (Å²) in [6.45, 7) is 5.18. The fourth-order valence-electron chi connectivity index (χ4n) is 1.89. The number of ketones is 3. The van der Waals surface area contributed by atoms with Crippen LogP contribution in [0.5, 0.6) is 0 Å². The van der Waals surface area contributed by atoms with Crippen molar-refractivity contribution >= 4 is 23.3 Å². The van der Waals surface area contributed by atoms with Crippen molar-refractivity contribution in [3.05, 3.63) is 0 Å². The molecule has 2 unspecified atom stereocenters. The van der Waals surface area contributed by atoms with Gasteiger partial charge in [0.05, 0.1) is 0 Å². The quantitative estimate of drug-likeness (QED) is 0.523. The molecule has 1 fully saturated rings. The summed E-state index contributed by atoms with van der Waals surface area (Å²) in [5.41, 5.74) is 0. The van der Waals surface area contributed by atoms with Gasteiger partial charge in [-0.2, -0.15) is 0 Å². The molecule has 0 aromatic heterocycles. The van der Waals surface area contributed by atoms with Crippen LogP contribution in [0.1, 0.15) is 40.0 Å². The second-order valence-electron chi connectivity index (χ2n) is 5.06. The fraction of sp³-hybridized carbons (Fsp3) is 0.692. The zero-order chi connectivity index (χ0) is 13.9. The van der Waals surface area contributed by atoms with E-state index in [0.29, 0.717) is 6.42 Å². The molecule has 0 aromatic rings. The van der Waals surface area contributed by atoms with Crippen molar-refractivity contribution in [3.63, 3.8) is 0 Å². The summed E-state index contributed by atoms with van der Waals surface area (Å²) in [5.74, 6) is -2.97. The lowest BCUT2D eigenvalue weighted by Gasteiger charge is -2.09. The van der Waals surface area contributed by atoms with Gasteiger partial charge >= 0.3 is 5.97 Å². The monoisotopic (exact) mass is 254 g/mol. The van der Waals surface area contributed by atoms with Crippen LogP contribution < -0.4 is 0 Å². The Bertz CT molecular complexity index is 383. The van der Waals surface area contributed by atoms with Gasteiger partial charge in [0.15, 0.2) is 23.6 Å². The highest BCUT2D eigenvalue weighted by molar-refractivity contribution is 6.21. The smallest absolute Gasteiger partial charge is 0.325 e. The maximum absolute atomic E-state index is 11.9. The van der Waals surface area contributed by atoms with Gasteiger partial charge in [0.25, 0.3) is 0 Å². The molecule has 1 aliphatic rings. The second-order valence-corrected chi connectivity index (χ2v) is 5.06. The van der Waals surface area contributed by atoms with Crippen molar-refractivity contribution in [2.75, 3.05) is 0 Å². The van der Waals surface area contributed by atoms with Gasteiger partial charge in [-0.25, -0.2) is 0 Å². The molecule has 0 saturated carbocycles. The Morgan fingerprint density at radius 1 is 1.22 bits per heavy atom. The summed E-state index contributed by atoms with van der Waals surface area (Å²) in [7, 11) is 0. The Hall–Kier alpha value is -1.52. The van der Waals surface area contributed by atoms with Gasteiger partial charge in [-0.15, -0.1) is 0 Å². The summed E-state index contributed by atoms with van der Waals surface area (Å²) in [5, 5.41) is 0. The predicted octanol–water partition coefficient (Wildman–Crippen LogP) is 1.08. The van der Waals surface area contributed by atoms with Crippen molar-refractivity contribution in [2.45, 2.75) is 46.1 Å². The molecule has 5 nitrogen and oxygen atoms in total. The zero-order valence-corrected chi connectivity index (χ0v) is 10.9. The minimum absolute atomic E-state index is 0.0603. The Morgan fingerprint density at radius 2 is 1.83 bits per heavy atom. The molecule has 1 saturated heterocycles. The van der Waals surface area contributed by atoms with Gasteiger partial charge in [0, 0.05) is 12.8 Å². The average Bonchev–Trinajstić information content (AvgIpc) is 2.50. The third kappa shape index (κ3) is 3.48. The fourth-order valence-corrected chi connectivity index (χ4v) is 1.89. The maximum Gasteiger partial charge on any atom is 0.325 e. The minimum atomic E-state index is -1.31. The van der Waals surface area contributed by atoms with Crippen LogP contribution in [0.2, 0.25) is 0 Å². The first-order chi connectivity index (χ1) is 8.32. The van der Waals surface area contributed by atoms with Gasteiger partial charge in [-0.3, -0.25) is 14.4 Å². The molecule has 0 spiro atoms. The van der Waals surface area contributed by atoms with E-state index in [-0.39, 0.29) is 24.5 Å². The Morgan fingerprint density at radius 3 is 2.33 bits per heavy atom. The number of hydrogen-bond donors (Lipinski definition) is 0. The summed E-state index contributed by atoms with van der Waals surface area (Å²) < 4.78 is 4.93. The van der Waals surface area contributed by atoms with Crippen LogP contribution in [0.25, 0.3) is 0 Å². The normalized spacial score (nSPS) is 23.3. The summed E-state index contributed by atoms with van der Waals surface area (Å²) >= 11 is 0. The molecule has 0 aromatic carbocycles. The third-order valence-electron chi connectivity index (χ3n) is 2.83. The van der Waals surface area contributed by atoms with Gasteiger partial charge in [0.2, 0.25) is 0 Å². The van der Waals surface area contributed by atoms with E-state index in [4.69, 9.17) is 4.74 Å². The molecule has 0 radical (unpaired) electrons. The zero-order valence-electron chi connectivity index (χ0n) is 10.9. The molecule has 0 N–H and O–H groups in total. The lowest BCUT2D eigenvalue weighted by Crippen LogP contribution is -2.28. The minimum Gasteiger partial charge on any atom is -0.453 e. The molecule has 1 heterocycles. The summed E-state index contributed by atoms with van der Waals surface area (Å²) in [6.07, 6.45) is -0.384. The van der Waals surface area contributed by atoms with Crippen molar-refractivity contribution in [1.82, 2.24) is 0 Å². The van der Waals surface area contributed by atoms with E-state index in [2.05, 4.69) is 0 Å². The first kappa shape index (κ1) is 14.5. The SMILES string of the molecule is CC(=O)CCC(=O)C1C(=O)OC(CC(C)C)C1=O. The summed E-state index contributed by atoms with van der Waals surface area (Å²) in [4.78, 5) is 45.9. The topological polar surface area (TPSA) is 77.5 Å². The van der Waals surface area contributed by atoms with Gasteiger partial charge in [-0.1, -0.05) is 13.8 Å². The van der Waals surface area contributed by atoms with Crippen LogP contribution in [0.3, 0.4) is 0 Å². The van der Waals surface area contributed by atoms with E-state index in [1.165, 1.54) is 6.92 Å². The van der Waals surface area contributed by atoms with E-state index in [1.807, 2.05) is 13.8 Å². The largest absolute Gasteiger partial charge is 0.453 e. The lowest BCUT2D eigenvalue weighted by molar-refractivity contribution is -0.147. The van der Waals surface area contributed by atoms with Crippen molar-refractivity contribution in [2.24, 2.45) is 11.8 Å². The van der Waals surface area contributed by atoms with E-state index in [1.54, 1.807) is 0 Å². The van der Waals surface area contributed by atoms with Crippen LogP contribution in [-0.4, -0.2) is 29.4 Å². The molecule has 1 rings (SSSR count). The Labute approximate surface area is 106 Å². The molecule has 100 valence electrons. The first-order valence-electron chi connectivity index (χ1n) is 6.09. The van der Waals surface area contributed by atoms with E-state index >= 15 is 0 Å². The molecular formula is C13H18O5. The highest BCUT2D eigenvalue weighted by atomic mass is 16.6. The molecule has 0 aliphatic carbocycles. The molecule has 18 heavy (non-hydrogen) atoms. The number of ether oxygens (including phenoxy) is 1. The van der Waals surface area contributed by atoms with Crippen LogP contribution in [0, 0.1) is 11.8 Å². The van der Waals surface area contributed by atoms with Crippen molar-refractivity contribution < 1.29 is 23.9 Å². The number of hydrogen-bond acceptors (Lipinski definition) is 5. The second kappa shape index (κ2) is 5.89. The Kier molecular flexibility index (Phi) is 4.76. The standard InChI is InChI=1S/C13H18O5/c1-7(2)6-10-12(16)11(13(17)18-10)9(15)5-4-8(3)14/h7,10-11H,4-6H2,1-3H3. The van der Waals surface area contributed by atoms with Crippen LogP contribution in [0.15, 0.2) is 0 Å². The number of cyclic esters (lactones) is 1. The number of esters is 1.